The van der Waals surface area contributed by atoms with Gasteiger partial charge in [-0.3, -0.25) is 9.69 Å². The van der Waals surface area contributed by atoms with Crippen LogP contribution < -0.4 is 4.90 Å². The Morgan fingerprint density at radius 2 is 2.06 bits per heavy atom. The highest BCUT2D eigenvalue weighted by Gasteiger charge is 2.27. The molecule has 0 saturated carbocycles. The van der Waals surface area contributed by atoms with Crippen LogP contribution >= 0.6 is 0 Å². The van der Waals surface area contributed by atoms with Crippen molar-refractivity contribution in [2.75, 3.05) is 25.2 Å². The minimum absolute atomic E-state index is 0.109. The summed E-state index contributed by atoms with van der Waals surface area (Å²) in [4.78, 5) is 17.9. The van der Waals surface area contributed by atoms with Crippen LogP contribution in [0.2, 0.25) is 0 Å². The van der Waals surface area contributed by atoms with E-state index in [0.29, 0.717) is 19.6 Å². The third-order valence-corrected chi connectivity index (χ3v) is 3.45. The van der Waals surface area contributed by atoms with E-state index in [-0.39, 0.29) is 12.2 Å². The lowest BCUT2D eigenvalue weighted by Crippen LogP contribution is -2.32. The predicted molar refractivity (Wildman–Crippen MR) is 65.4 cm³/mol. The van der Waals surface area contributed by atoms with Crippen molar-refractivity contribution in [2.45, 2.75) is 26.1 Å². The van der Waals surface area contributed by atoms with Gasteiger partial charge in [0.15, 0.2) is 0 Å². The number of fused-ring (bicyclic) bond motifs is 1. The molecule has 2 aliphatic heterocycles. The Bertz CT molecular complexity index is 495. The number of carbonyl (C=O) groups excluding carboxylic acids is 1. The van der Waals surface area contributed by atoms with Gasteiger partial charge in [-0.1, -0.05) is 6.07 Å². The van der Waals surface area contributed by atoms with Crippen molar-refractivity contribution in [1.29, 1.82) is 0 Å². The molecule has 5 nitrogen and oxygen atoms in total. The smallest absolute Gasteiger partial charge is 0.228 e. The van der Waals surface area contributed by atoms with Crippen LogP contribution in [-0.4, -0.2) is 31.2 Å². The second-order valence-electron chi connectivity index (χ2n) is 4.70. The van der Waals surface area contributed by atoms with Crippen LogP contribution in [0.1, 0.15) is 29.5 Å². The fourth-order valence-corrected chi connectivity index (χ4v) is 2.43. The third-order valence-electron chi connectivity index (χ3n) is 3.45. The zero-order chi connectivity index (χ0) is 12.7. The van der Waals surface area contributed by atoms with E-state index >= 15 is 0 Å². The van der Waals surface area contributed by atoms with Gasteiger partial charge in [0.2, 0.25) is 12.2 Å². The summed E-state index contributed by atoms with van der Waals surface area (Å²) in [6.45, 7) is 3.19. The predicted octanol–water partition coefficient (Wildman–Crippen LogP) is 1.34. The summed E-state index contributed by atoms with van der Waals surface area (Å²) in [7, 11) is 1.77. The van der Waals surface area contributed by atoms with Crippen molar-refractivity contribution < 1.29 is 14.3 Å². The van der Waals surface area contributed by atoms with Crippen LogP contribution in [0.25, 0.3) is 0 Å². The molecule has 0 N–H and O–H groups in total. The number of aromatic nitrogens is 1. The lowest BCUT2D eigenvalue weighted by atomic mass is 10.0. The van der Waals surface area contributed by atoms with E-state index in [4.69, 9.17) is 9.47 Å². The van der Waals surface area contributed by atoms with Gasteiger partial charge < -0.3 is 9.47 Å². The Hall–Kier alpha value is -1.46. The number of hydrogen-bond acceptors (Lipinski definition) is 4. The first-order valence-electron chi connectivity index (χ1n) is 6.17. The maximum absolute atomic E-state index is 11.7. The fraction of sp³-hybridized carbons (Fsp3) is 0.538. The van der Waals surface area contributed by atoms with Gasteiger partial charge in [-0.15, -0.1) is 0 Å². The average Bonchev–Trinajstić information content (AvgIpc) is 2.87. The van der Waals surface area contributed by atoms with Gasteiger partial charge in [0.1, 0.15) is 11.5 Å². The largest absolute Gasteiger partial charge is 0.345 e. The van der Waals surface area contributed by atoms with Gasteiger partial charge in [0, 0.05) is 13.5 Å². The molecule has 1 saturated heterocycles. The molecule has 18 heavy (non-hydrogen) atoms. The summed E-state index contributed by atoms with van der Waals surface area (Å²) < 4.78 is 11.0. The van der Waals surface area contributed by atoms with Gasteiger partial charge in [0.25, 0.3) is 0 Å². The van der Waals surface area contributed by atoms with Crippen LogP contribution in [0.4, 0.5) is 5.82 Å². The molecule has 1 amide bonds. The summed E-state index contributed by atoms with van der Waals surface area (Å²) >= 11 is 0. The molecular formula is C13H16N2O3. The molecule has 1 aromatic rings. The summed E-state index contributed by atoms with van der Waals surface area (Å²) in [5, 5.41) is 0. The molecule has 0 spiro atoms. The highest BCUT2D eigenvalue weighted by molar-refractivity contribution is 5.94. The summed E-state index contributed by atoms with van der Waals surface area (Å²) in [5.74, 6) is 0.851. The lowest BCUT2D eigenvalue weighted by Gasteiger charge is -2.26. The van der Waals surface area contributed by atoms with E-state index in [2.05, 4.69) is 11.1 Å². The molecule has 3 heterocycles. The lowest BCUT2D eigenvalue weighted by molar-refractivity contribution is -0.118. The van der Waals surface area contributed by atoms with Crippen molar-refractivity contribution in [3.63, 3.8) is 0 Å². The minimum Gasteiger partial charge on any atom is -0.345 e. The quantitative estimate of drug-likeness (QED) is 0.752. The molecule has 1 aromatic heterocycles. The average molecular weight is 248 g/mol. The number of ether oxygens (including phenoxy) is 2. The van der Waals surface area contributed by atoms with E-state index in [1.807, 2.05) is 6.92 Å². The van der Waals surface area contributed by atoms with Crippen LogP contribution in [0.3, 0.4) is 0 Å². The Balaban J connectivity index is 2.04. The molecule has 0 radical (unpaired) electrons. The molecule has 0 unspecified atom stereocenters. The standard InChI is InChI=1S/C13H16N2O3/c1-8-7-9-3-4-10(16)15(2)12(9)14-11(8)13-17-5-6-18-13/h7,13H,3-6H2,1-2H3. The van der Waals surface area contributed by atoms with E-state index < -0.39 is 0 Å². The van der Waals surface area contributed by atoms with Crippen molar-refractivity contribution in [3.05, 3.63) is 22.9 Å². The summed E-state index contributed by atoms with van der Waals surface area (Å²) in [5.41, 5.74) is 2.97. The number of rotatable bonds is 1. The number of anilines is 1. The number of pyridine rings is 1. The number of aryl methyl sites for hydroxylation is 2. The molecule has 5 heteroatoms. The second kappa shape index (κ2) is 4.33. The van der Waals surface area contributed by atoms with Gasteiger partial charge in [-0.2, -0.15) is 0 Å². The maximum atomic E-state index is 11.7. The van der Waals surface area contributed by atoms with Crippen LogP contribution in [0, 0.1) is 6.92 Å². The Kier molecular flexibility index (Phi) is 2.80. The molecule has 0 aliphatic carbocycles. The molecule has 2 aliphatic rings. The Morgan fingerprint density at radius 1 is 1.33 bits per heavy atom. The van der Waals surface area contributed by atoms with Crippen LogP contribution in [0.15, 0.2) is 6.07 Å². The van der Waals surface area contributed by atoms with Crippen LogP contribution in [0.5, 0.6) is 0 Å². The first-order chi connectivity index (χ1) is 8.66. The van der Waals surface area contributed by atoms with Crippen molar-refractivity contribution >= 4 is 11.7 Å². The molecule has 96 valence electrons. The Morgan fingerprint density at radius 3 is 2.78 bits per heavy atom. The second-order valence-corrected chi connectivity index (χ2v) is 4.70. The van der Waals surface area contributed by atoms with Crippen LogP contribution in [-0.2, 0) is 20.7 Å². The Labute approximate surface area is 106 Å². The molecule has 1 fully saturated rings. The summed E-state index contributed by atoms with van der Waals surface area (Å²) in [6.07, 6.45) is 0.931. The monoisotopic (exact) mass is 248 g/mol. The van der Waals surface area contributed by atoms with E-state index in [9.17, 15) is 4.79 Å². The summed E-state index contributed by atoms with van der Waals surface area (Å²) in [6, 6.07) is 2.09. The maximum Gasteiger partial charge on any atom is 0.228 e. The van der Waals surface area contributed by atoms with Crippen molar-refractivity contribution in [1.82, 2.24) is 4.98 Å². The molecule has 0 atom stereocenters. The zero-order valence-corrected chi connectivity index (χ0v) is 10.6. The molecule has 0 bridgehead atoms. The third kappa shape index (κ3) is 1.79. The zero-order valence-electron chi connectivity index (χ0n) is 10.6. The van der Waals surface area contributed by atoms with Gasteiger partial charge in [-0.05, 0) is 24.5 Å². The van der Waals surface area contributed by atoms with Gasteiger partial charge in [-0.25, -0.2) is 4.98 Å². The normalized spacial score (nSPS) is 20.3. The number of carbonyl (C=O) groups is 1. The van der Waals surface area contributed by atoms with E-state index in [1.54, 1.807) is 11.9 Å². The molecular weight excluding hydrogens is 232 g/mol. The van der Waals surface area contributed by atoms with Crippen molar-refractivity contribution in [3.8, 4) is 0 Å². The van der Waals surface area contributed by atoms with Gasteiger partial charge in [0.05, 0.1) is 13.2 Å². The SMILES string of the molecule is Cc1cc2c(nc1C1OCCO1)N(C)C(=O)CC2. The first kappa shape index (κ1) is 11.6. The highest BCUT2D eigenvalue weighted by atomic mass is 16.7. The van der Waals surface area contributed by atoms with E-state index in [1.165, 1.54) is 0 Å². The highest BCUT2D eigenvalue weighted by Crippen LogP contribution is 2.31. The number of amides is 1. The number of hydrogen-bond donors (Lipinski definition) is 0. The van der Waals surface area contributed by atoms with E-state index in [0.717, 1.165) is 29.1 Å². The minimum atomic E-state index is -0.388. The fourth-order valence-electron chi connectivity index (χ4n) is 2.43. The molecule has 0 aromatic carbocycles. The van der Waals surface area contributed by atoms with Crippen molar-refractivity contribution in [2.24, 2.45) is 0 Å². The topological polar surface area (TPSA) is 51.7 Å². The number of nitrogens with zero attached hydrogens (tertiary/aromatic N) is 2. The van der Waals surface area contributed by atoms with Gasteiger partial charge >= 0.3 is 0 Å². The first-order valence-corrected chi connectivity index (χ1v) is 6.17. The molecule has 3 rings (SSSR count).